The molecule has 1 aliphatic rings. The third kappa shape index (κ3) is 4.76. The summed E-state index contributed by atoms with van der Waals surface area (Å²) in [7, 11) is 0. The Morgan fingerprint density at radius 1 is 1.19 bits per heavy atom. The lowest BCUT2D eigenvalue weighted by Gasteiger charge is -2.29. The zero-order valence-electron chi connectivity index (χ0n) is 16.8. The quantitative estimate of drug-likeness (QED) is 0.506. The number of benzene rings is 2. The first-order chi connectivity index (χ1) is 14.7. The summed E-state index contributed by atoms with van der Waals surface area (Å²) >= 11 is 0. The van der Waals surface area contributed by atoms with Gasteiger partial charge in [0.05, 0.1) is 16.6 Å². The van der Waals surface area contributed by atoms with Gasteiger partial charge in [0.2, 0.25) is 5.95 Å². The maximum absolute atomic E-state index is 12.4. The molecule has 2 atom stereocenters. The standard InChI is InChI=1S/C22H22F3N3O3/c1-13-3-2-4-16(11-13)28-19-12-14(20(29)30)5-10-18(19)27-21(28)26-15-6-8-17(9-7-15)31-22(23,24)25/h5-10,12-13,16H,2-4,11H2,1H3,(H,26,27)(H,29,30). The van der Waals surface area contributed by atoms with Crippen molar-refractivity contribution < 1.29 is 27.8 Å². The fourth-order valence-electron chi connectivity index (χ4n) is 4.19. The van der Waals surface area contributed by atoms with Gasteiger partial charge in [-0.3, -0.25) is 0 Å². The monoisotopic (exact) mass is 433 g/mol. The number of nitrogens with one attached hydrogen (secondary N) is 1. The van der Waals surface area contributed by atoms with Crippen LogP contribution in [0.2, 0.25) is 0 Å². The van der Waals surface area contributed by atoms with Crippen LogP contribution in [0, 0.1) is 5.92 Å². The molecule has 1 fully saturated rings. The maximum Gasteiger partial charge on any atom is 0.573 e. The largest absolute Gasteiger partial charge is 0.573 e. The Hall–Kier alpha value is -3.23. The lowest BCUT2D eigenvalue weighted by Crippen LogP contribution is -2.19. The number of carboxylic acid groups (broad SMARTS) is 1. The van der Waals surface area contributed by atoms with Gasteiger partial charge in [0, 0.05) is 11.7 Å². The molecule has 2 N–H and O–H groups in total. The molecule has 0 radical (unpaired) electrons. The van der Waals surface area contributed by atoms with Gasteiger partial charge in [-0.2, -0.15) is 0 Å². The highest BCUT2D eigenvalue weighted by Gasteiger charge is 2.31. The lowest BCUT2D eigenvalue weighted by molar-refractivity contribution is -0.274. The number of carboxylic acids is 1. The molecule has 1 saturated carbocycles. The third-order valence-corrected chi connectivity index (χ3v) is 5.55. The maximum atomic E-state index is 12.4. The molecule has 1 aliphatic carbocycles. The molecule has 0 bridgehead atoms. The Kier molecular flexibility index (Phi) is 5.51. The van der Waals surface area contributed by atoms with E-state index < -0.39 is 12.3 Å². The molecular formula is C22H22F3N3O3. The molecule has 6 nitrogen and oxygen atoms in total. The van der Waals surface area contributed by atoms with Crippen LogP contribution in [0.3, 0.4) is 0 Å². The molecule has 9 heteroatoms. The summed E-state index contributed by atoms with van der Waals surface area (Å²) in [4.78, 5) is 16.1. The second-order valence-corrected chi connectivity index (χ2v) is 7.94. The molecule has 2 unspecified atom stereocenters. The minimum absolute atomic E-state index is 0.146. The van der Waals surface area contributed by atoms with Crippen LogP contribution in [0.4, 0.5) is 24.8 Å². The minimum Gasteiger partial charge on any atom is -0.478 e. The molecule has 3 aromatic rings. The van der Waals surface area contributed by atoms with Crippen LogP contribution in [0.25, 0.3) is 11.0 Å². The van der Waals surface area contributed by atoms with E-state index in [0.717, 1.165) is 31.2 Å². The van der Waals surface area contributed by atoms with Gasteiger partial charge < -0.3 is 19.7 Å². The Labute approximate surface area is 176 Å². The number of hydrogen-bond acceptors (Lipinski definition) is 4. The number of aromatic nitrogens is 2. The van der Waals surface area contributed by atoms with Crippen molar-refractivity contribution in [1.29, 1.82) is 0 Å². The molecule has 2 aromatic carbocycles. The highest BCUT2D eigenvalue weighted by Crippen LogP contribution is 2.38. The molecular weight excluding hydrogens is 411 g/mol. The number of aromatic carboxylic acids is 1. The van der Waals surface area contributed by atoms with E-state index in [9.17, 15) is 23.1 Å². The van der Waals surface area contributed by atoms with Gasteiger partial charge in [-0.25, -0.2) is 9.78 Å². The second kappa shape index (κ2) is 8.13. The average molecular weight is 433 g/mol. The highest BCUT2D eigenvalue weighted by molar-refractivity contribution is 5.93. The van der Waals surface area contributed by atoms with Gasteiger partial charge >= 0.3 is 12.3 Å². The number of nitrogens with zero attached hydrogens (tertiary/aromatic N) is 2. The van der Waals surface area contributed by atoms with Crippen LogP contribution in [0.1, 0.15) is 49.0 Å². The van der Waals surface area contributed by atoms with Crippen molar-refractivity contribution in [2.75, 3.05) is 5.32 Å². The molecule has 0 aliphatic heterocycles. The molecule has 0 spiro atoms. The SMILES string of the molecule is CC1CCCC(n2c(Nc3ccc(OC(F)(F)F)cc3)nc3ccc(C(=O)O)cc32)C1. The zero-order chi connectivity index (χ0) is 22.2. The number of carbonyl (C=O) groups is 1. The minimum atomic E-state index is -4.75. The number of imidazole rings is 1. The van der Waals surface area contributed by atoms with E-state index in [4.69, 9.17) is 0 Å². The van der Waals surface area contributed by atoms with Crippen LogP contribution < -0.4 is 10.1 Å². The first kappa shape index (κ1) is 21.0. The number of rotatable bonds is 5. The Bertz CT molecular complexity index is 1090. The first-order valence-electron chi connectivity index (χ1n) is 10.1. The van der Waals surface area contributed by atoms with Crippen LogP contribution in [-0.2, 0) is 0 Å². The van der Waals surface area contributed by atoms with E-state index in [1.165, 1.54) is 30.3 Å². The first-order valence-corrected chi connectivity index (χ1v) is 10.1. The fourth-order valence-corrected chi connectivity index (χ4v) is 4.19. The summed E-state index contributed by atoms with van der Waals surface area (Å²) in [6.45, 7) is 2.19. The predicted molar refractivity (Wildman–Crippen MR) is 110 cm³/mol. The number of ether oxygens (including phenoxy) is 1. The van der Waals surface area contributed by atoms with Crippen LogP contribution in [0.5, 0.6) is 5.75 Å². The van der Waals surface area contributed by atoms with Crippen molar-refractivity contribution in [2.45, 2.75) is 45.0 Å². The van der Waals surface area contributed by atoms with Gasteiger partial charge in [0.25, 0.3) is 0 Å². The van der Waals surface area contributed by atoms with E-state index in [2.05, 4.69) is 22.0 Å². The van der Waals surface area contributed by atoms with Crippen molar-refractivity contribution in [3.05, 3.63) is 48.0 Å². The smallest absolute Gasteiger partial charge is 0.478 e. The van der Waals surface area contributed by atoms with Gasteiger partial charge in [-0.15, -0.1) is 13.2 Å². The Morgan fingerprint density at radius 3 is 2.58 bits per heavy atom. The van der Waals surface area contributed by atoms with Crippen molar-refractivity contribution >= 4 is 28.6 Å². The number of halogens is 3. The van der Waals surface area contributed by atoms with Crippen LogP contribution in [0.15, 0.2) is 42.5 Å². The molecule has 4 rings (SSSR count). The zero-order valence-corrected chi connectivity index (χ0v) is 16.8. The van der Waals surface area contributed by atoms with Crippen molar-refractivity contribution in [3.8, 4) is 5.75 Å². The van der Waals surface area contributed by atoms with Gasteiger partial charge in [0.15, 0.2) is 0 Å². The number of alkyl halides is 3. The van der Waals surface area contributed by atoms with Gasteiger partial charge in [0.1, 0.15) is 5.75 Å². The van der Waals surface area contributed by atoms with E-state index in [-0.39, 0.29) is 17.4 Å². The second-order valence-electron chi connectivity index (χ2n) is 7.94. The Morgan fingerprint density at radius 2 is 1.94 bits per heavy atom. The third-order valence-electron chi connectivity index (χ3n) is 5.55. The van der Waals surface area contributed by atoms with E-state index in [0.29, 0.717) is 23.1 Å². The number of fused-ring (bicyclic) bond motifs is 1. The lowest BCUT2D eigenvalue weighted by atomic mass is 9.87. The summed E-state index contributed by atoms with van der Waals surface area (Å²) in [6, 6.07) is 10.4. The summed E-state index contributed by atoms with van der Waals surface area (Å²) in [5.74, 6) is -0.258. The van der Waals surface area contributed by atoms with Gasteiger partial charge in [-0.05, 0) is 61.2 Å². The molecule has 1 heterocycles. The van der Waals surface area contributed by atoms with Crippen LogP contribution >= 0.6 is 0 Å². The van der Waals surface area contributed by atoms with Crippen molar-refractivity contribution in [3.63, 3.8) is 0 Å². The van der Waals surface area contributed by atoms with Gasteiger partial charge in [-0.1, -0.05) is 19.8 Å². The highest BCUT2D eigenvalue weighted by atomic mass is 19.4. The number of hydrogen-bond donors (Lipinski definition) is 2. The molecule has 1 aromatic heterocycles. The summed E-state index contributed by atoms with van der Waals surface area (Å²) < 4.78 is 43.1. The Balaban J connectivity index is 1.71. The van der Waals surface area contributed by atoms with E-state index in [1.54, 1.807) is 12.1 Å². The van der Waals surface area contributed by atoms with E-state index >= 15 is 0 Å². The number of anilines is 2. The average Bonchev–Trinajstić information content (AvgIpc) is 3.05. The normalized spacial score (nSPS) is 19.4. The molecule has 164 valence electrons. The van der Waals surface area contributed by atoms with Crippen molar-refractivity contribution in [1.82, 2.24) is 9.55 Å². The summed E-state index contributed by atoms with van der Waals surface area (Å²) in [5, 5.41) is 12.6. The fraction of sp³-hybridized carbons (Fsp3) is 0.364. The van der Waals surface area contributed by atoms with Crippen LogP contribution in [-0.4, -0.2) is 27.0 Å². The van der Waals surface area contributed by atoms with Crippen molar-refractivity contribution in [2.24, 2.45) is 5.92 Å². The molecule has 0 saturated heterocycles. The molecule has 0 amide bonds. The van der Waals surface area contributed by atoms with E-state index in [1.807, 2.05) is 4.57 Å². The molecule has 31 heavy (non-hydrogen) atoms. The summed E-state index contributed by atoms with van der Waals surface area (Å²) in [6.07, 6.45) is -0.654. The topological polar surface area (TPSA) is 76.4 Å². The predicted octanol–water partition coefficient (Wildman–Crippen LogP) is 6.13. The summed E-state index contributed by atoms with van der Waals surface area (Å²) in [5.41, 5.74) is 2.10.